The van der Waals surface area contributed by atoms with E-state index < -0.39 is 0 Å². The SMILES string of the molecule is COc1ccc2[nH]cc(CCNC(=O)C3CCC(Nc4nc(N(C)C)c5ccccc5n4)CC3)c2c1. The van der Waals surface area contributed by atoms with E-state index in [-0.39, 0.29) is 17.9 Å². The smallest absolute Gasteiger partial charge is 0.225 e. The number of aromatic nitrogens is 3. The number of hydrogen-bond donors (Lipinski definition) is 3. The summed E-state index contributed by atoms with van der Waals surface area (Å²) in [6.07, 6.45) is 6.37. The summed E-state index contributed by atoms with van der Waals surface area (Å²) in [5.41, 5.74) is 3.20. The fraction of sp³-hybridized carbons (Fsp3) is 0.393. The maximum atomic E-state index is 12.8. The Hall–Kier alpha value is -3.81. The van der Waals surface area contributed by atoms with Gasteiger partial charge < -0.3 is 25.3 Å². The molecule has 0 spiro atoms. The van der Waals surface area contributed by atoms with E-state index >= 15 is 0 Å². The molecule has 1 aliphatic carbocycles. The Kier molecular flexibility index (Phi) is 6.93. The molecular weight excluding hydrogens is 452 g/mol. The lowest BCUT2D eigenvalue weighted by Gasteiger charge is -2.28. The van der Waals surface area contributed by atoms with Crippen LogP contribution in [0.5, 0.6) is 5.75 Å². The number of hydrogen-bond acceptors (Lipinski definition) is 6. The van der Waals surface area contributed by atoms with E-state index in [0.717, 1.165) is 65.5 Å². The standard InChI is InChI=1S/C28H34N6O2/c1-34(2)26-22-6-4-5-7-25(22)32-28(33-26)31-20-10-8-18(9-11-20)27(35)29-15-14-19-17-30-24-13-12-21(36-3)16-23(19)24/h4-7,12-13,16-18,20,30H,8-11,14-15H2,1-3H3,(H,29,35)(H,31,32,33). The van der Waals surface area contributed by atoms with Crippen LogP contribution in [-0.2, 0) is 11.2 Å². The predicted molar refractivity (Wildman–Crippen MR) is 145 cm³/mol. The Balaban J connectivity index is 1.13. The molecular formula is C28H34N6O2. The number of methoxy groups -OCH3 is 1. The topological polar surface area (TPSA) is 95.2 Å². The van der Waals surface area contributed by atoms with Gasteiger partial charge in [0.2, 0.25) is 11.9 Å². The fourth-order valence-electron chi connectivity index (χ4n) is 5.10. The normalized spacial score (nSPS) is 17.8. The molecule has 1 saturated carbocycles. The number of benzene rings is 2. The van der Waals surface area contributed by atoms with Crippen LogP contribution in [0, 0.1) is 5.92 Å². The fourth-order valence-corrected chi connectivity index (χ4v) is 5.10. The molecule has 1 fully saturated rings. The van der Waals surface area contributed by atoms with Crippen LogP contribution in [-0.4, -0.2) is 54.7 Å². The molecule has 0 bridgehead atoms. The largest absolute Gasteiger partial charge is 0.497 e. The monoisotopic (exact) mass is 486 g/mol. The molecule has 36 heavy (non-hydrogen) atoms. The van der Waals surface area contributed by atoms with Crippen molar-refractivity contribution in [2.75, 3.05) is 38.0 Å². The highest BCUT2D eigenvalue weighted by molar-refractivity contribution is 5.90. The Bertz CT molecular complexity index is 1360. The molecule has 188 valence electrons. The highest BCUT2D eigenvalue weighted by atomic mass is 16.5. The number of aromatic amines is 1. The minimum absolute atomic E-state index is 0.0565. The third kappa shape index (κ3) is 5.08. The lowest BCUT2D eigenvalue weighted by atomic mass is 9.85. The first-order chi connectivity index (χ1) is 17.5. The summed E-state index contributed by atoms with van der Waals surface area (Å²) >= 11 is 0. The van der Waals surface area contributed by atoms with Crippen molar-refractivity contribution >= 4 is 39.5 Å². The van der Waals surface area contributed by atoms with E-state index in [1.807, 2.05) is 67.7 Å². The molecule has 2 aromatic carbocycles. The molecule has 5 rings (SSSR count). The first-order valence-electron chi connectivity index (χ1n) is 12.6. The molecule has 1 amide bonds. The van der Waals surface area contributed by atoms with Crippen molar-refractivity contribution in [3.63, 3.8) is 0 Å². The summed E-state index contributed by atoms with van der Waals surface area (Å²) < 4.78 is 5.35. The van der Waals surface area contributed by atoms with Gasteiger partial charge >= 0.3 is 0 Å². The quantitative estimate of drug-likeness (QED) is 0.339. The minimum Gasteiger partial charge on any atom is -0.497 e. The highest BCUT2D eigenvalue weighted by Gasteiger charge is 2.26. The van der Waals surface area contributed by atoms with Gasteiger partial charge in [-0.3, -0.25) is 4.79 Å². The maximum Gasteiger partial charge on any atom is 0.225 e. The number of anilines is 2. The van der Waals surface area contributed by atoms with Gasteiger partial charge in [-0.25, -0.2) is 4.98 Å². The van der Waals surface area contributed by atoms with Crippen LogP contribution in [0.25, 0.3) is 21.8 Å². The lowest BCUT2D eigenvalue weighted by Crippen LogP contribution is -2.37. The number of amides is 1. The van der Waals surface area contributed by atoms with Crippen LogP contribution in [0.2, 0.25) is 0 Å². The molecule has 1 aliphatic rings. The zero-order chi connectivity index (χ0) is 25.1. The zero-order valence-corrected chi connectivity index (χ0v) is 21.2. The van der Waals surface area contributed by atoms with Crippen molar-refractivity contribution in [3.8, 4) is 5.75 Å². The first kappa shape index (κ1) is 23.9. The van der Waals surface area contributed by atoms with Gasteiger partial charge in [-0.05, 0) is 68.0 Å². The molecule has 8 heteroatoms. The number of carbonyl (C=O) groups is 1. The molecule has 0 aliphatic heterocycles. The second-order valence-corrected chi connectivity index (χ2v) is 9.74. The van der Waals surface area contributed by atoms with Crippen LogP contribution in [0.1, 0.15) is 31.2 Å². The number of H-pyrrole nitrogens is 1. The van der Waals surface area contributed by atoms with Crippen LogP contribution in [0.3, 0.4) is 0 Å². The third-order valence-corrected chi connectivity index (χ3v) is 7.11. The van der Waals surface area contributed by atoms with Crippen molar-refractivity contribution in [3.05, 3.63) is 54.2 Å². The molecule has 0 radical (unpaired) electrons. The van der Waals surface area contributed by atoms with Crippen molar-refractivity contribution in [2.24, 2.45) is 5.92 Å². The number of ether oxygens (including phenoxy) is 1. The number of fused-ring (bicyclic) bond motifs is 2. The summed E-state index contributed by atoms with van der Waals surface area (Å²) in [6, 6.07) is 14.4. The maximum absolute atomic E-state index is 12.8. The Labute approximate surface area is 211 Å². The molecule has 8 nitrogen and oxygen atoms in total. The predicted octanol–water partition coefficient (Wildman–Crippen LogP) is 4.52. The molecule has 0 unspecified atom stereocenters. The molecule has 3 N–H and O–H groups in total. The van der Waals surface area contributed by atoms with E-state index in [9.17, 15) is 4.79 Å². The summed E-state index contributed by atoms with van der Waals surface area (Å²) in [5, 5.41) is 8.86. The van der Waals surface area contributed by atoms with E-state index in [4.69, 9.17) is 14.7 Å². The first-order valence-corrected chi connectivity index (χ1v) is 12.6. The van der Waals surface area contributed by atoms with Gasteiger partial charge in [0.25, 0.3) is 0 Å². The van der Waals surface area contributed by atoms with E-state index in [1.165, 1.54) is 5.56 Å². The number of carbonyl (C=O) groups excluding carboxylic acids is 1. The number of nitrogens with one attached hydrogen (secondary N) is 3. The average Bonchev–Trinajstić information content (AvgIpc) is 3.30. The van der Waals surface area contributed by atoms with Crippen LogP contribution in [0.15, 0.2) is 48.7 Å². The third-order valence-electron chi connectivity index (χ3n) is 7.11. The van der Waals surface area contributed by atoms with Gasteiger partial charge in [0.15, 0.2) is 0 Å². The van der Waals surface area contributed by atoms with E-state index in [1.54, 1.807) is 7.11 Å². The summed E-state index contributed by atoms with van der Waals surface area (Å²) in [5.74, 6) is 2.61. The van der Waals surface area contributed by atoms with Gasteiger partial charge in [0.05, 0.1) is 12.6 Å². The number of nitrogens with zero attached hydrogens (tertiary/aromatic N) is 3. The van der Waals surface area contributed by atoms with Crippen molar-refractivity contribution in [2.45, 2.75) is 38.1 Å². The van der Waals surface area contributed by atoms with Crippen molar-refractivity contribution in [1.82, 2.24) is 20.3 Å². The van der Waals surface area contributed by atoms with Crippen molar-refractivity contribution in [1.29, 1.82) is 0 Å². The average molecular weight is 487 g/mol. The second kappa shape index (κ2) is 10.4. The summed E-state index contributed by atoms with van der Waals surface area (Å²) in [7, 11) is 5.67. The summed E-state index contributed by atoms with van der Waals surface area (Å²) in [4.78, 5) is 27.6. The van der Waals surface area contributed by atoms with Crippen LogP contribution < -0.4 is 20.3 Å². The minimum atomic E-state index is 0.0565. The zero-order valence-electron chi connectivity index (χ0n) is 21.2. The highest BCUT2D eigenvalue weighted by Crippen LogP contribution is 2.29. The Morgan fingerprint density at radius 3 is 2.67 bits per heavy atom. The van der Waals surface area contributed by atoms with E-state index in [2.05, 4.69) is 15.6 Å². The van der Waals surface area contributed by atoms with E-state index in [0.29, 0.717) is 12.5 Å². The molecule has 2 heterocycles. The Morgan fingerprint density at radius 1 is 1.08 bits per heavy atom. The lowest BCUT2D eigenvalue weighted by molar-refractivity contribution is -0.125. The van der Waals surface area contributed by atoms with Gasteiger partial charge in [-0.1, -0.05) is 12.1 Å². The van der Waals surface area contributed by atoms with Crippen LogP contribution in [0.4, 0.5) is 11.8 Å². The number of rotatable bonds is 8. The second-order valence-electron chi connectivity index (χ2n) is 9.74. The Morgan fingerprint density at radius 2 is 1.89 bits per heavy atom. The van der Waals surface area contributed by atoms with Crippen LogP contribution >= 0.6 is 0 Å². The van der Waals surface area contributed by atoms with Gasteiger partial charge in [-0.2, -0.15) is 4.98 Å². The van der Waals surface area contributed by atoms with Crippen molar-refractivity contribution < 1.29 is 9.53 Å². The number of para-hydroxylation sites is 1. The molecule has 0 saturated heterocycles. The molecule has 2 aromatic heterocycles. The summed E-state index contributed by atoms with van der Waals surface area (Å²) in [6.45, 7) is 0.624. The van der Waals surface area contributed by atoms with Gasteiger partial charge in [-0.15, -0.1) is 0 Å². The molecule has 4 aromatic rings. The van der Waals surface area contributed by atoms with Gasteiger partial charge in [0, 0.05) is 55.1 Å². The molecule has 0 atom stereocenters. The van der Waals surface area contributed by atoms with Gasteiger partial charge in [0.1, 0.15) is 11.6 Å².